The zero-order valence-electron chi connectivity index (χ0n) is 15.9. The number of carboxylic acids is 1. The minimum absolute atomic E-state index is 0.0643. The highest BCUT2D eigenvalue weighted by molar-refractivity contribution is 5.87. The fourth-order valence-corrected chi connectivity index (χ4v) is 3.08. The lowest BCUT2D eigenvalue weighted by atomic mass is 10.2. The number of aromatic carboxylic acids is 1. The van der Waals surface area contributed by atoms with Crippen LogP contribution in [0.3, 0.4) is 0 Å². The van der Waals surface area contributed by atoms with Gasteiger partial charge in [-0.05, 0) is 37.4 Å². The number of carboxylic acid groups (broad SMARTS) is 1. The van der Waals surface area contributed by atoms with E-state index < -0.39 is 5.97 Å². The van der Waals surface area contributed by atoms with Crippen LogP contribution in [0.2, 0.25) is 0 Å². The Kier molecular flexibility index (Phi) is 5.22. The van der Waals surface area contributed by atoms with E-state index in [1.807, 2.05) is 89.6 Å². The van der Waals surface area contributed by atoms with Gasteiger partial charge in [0.1, 0.15) is 0 Å². The Hall–Kier alpha value is -3.71. The molecular weight excluding hydrogens is 368 g/mol. The maximum atomic E-state index is 11.6. The SMILES string of the molecule is CN(Cc1ccn(-c2ccccc2)n1)Cc1oc(-c2ccccc2)nc1C(=O)O. The van der Waals surface area contributed by atoms with Crippen molar-refractivity contribution in [2.45, 2.75) is 13.1 Å². The summed E-state index contributed by atoms with van der Waals surface area (Å²) in [5.41, 5.74) is 2.53. The van der Waals surface area contributed by atoms with E-state index >= 15 is 0 Å². The number of hydrogen-bond acceptors (Lipinski definition) is 5. The number of nitrogens with zero attached hydrogens (tertiary/aromatic N) is 4. The number of para-hydroxylation sites is 1. The summed E-state index contributed by atoms with van der Waals surface area (Å²) in [5, 5.41) is 14.1. The maximum Gasteiger partial charge on any atom is 0.358 e. The fraction of sp³-hybridized carbons (Fsp3) is 0.136. The lowest BCUT2D eigenvalue weighted by molar-refractivity contribution is 0.0687. The van der Waals surface area contributed by atoms with Crippen LogP contribution < -0.4 is 0 Å². The summed E-state index contributed by atoms with van der Waals surface area (Å²) in [6.07, 6.45) is 1.91. The van der Waals surface area contributed by atoms with E-state index in [9.17, 15) is 9.90 Å². The lowest BCUT2D eigenvalue weighted by Crippen LogP contribution is -2.19. The Balaban J connectivity index is 1.50. The number of aromatic nitrogens is 3. The maximum absolute atomic E-state index is 11.6. The zero-order chi connectivity index (χ0) is 20.2. The summed E-state index contributed by atoms with van der Waals surface area (Å²) < 4.78 is 7.60. The average molecular weight is 388 g/mol. The van der Waals surface area contributed by atoms with Crippen molar-refractivity contribution >= 4 is 5.97 Å². The largest absolute Gasteiger partial charge is 0.476 e. The number of rotatable bonds is 7. The highest BCUT2D eigenvalue weighted by Crippen LogP contribution is 2.23. The highest BCUT2D eigenvalue weighted by atomic mass is 16.4. The van der Waals surface area contributed by atoms with Crippen molar-refractivity contribution in [1.29, 1.82) is 0 Å². The van der Waals surface area contributed by atoms with Gasteiger partial charge in [0.2, 0.25) is 5.89 Å². The Morgan fingerprint density at radius 2 is 1.72 bits per heavy atom. The van der Waals surface area contributed by atoms with Gasteiger partial charge < -0.3 is 9.52 Å². The van der Waals surface area contributed by atoms with E-state index in [2.05, 4.69) is 10.1 Å². The van der Waals surface area contributed by atoms with Crippen molar-refractivity contribution in [2.24, 2.45) is 0 Å². The van der Waals surface area contributed by atoms with Crippen molar-refractivity contribution in [1.82, 2.24) is 19.7 Å². The van der Waals surface area contributed by atoms with Gasteiger partial charge in [-0.15, -0.1) is 0 Å². The number of benzene rings is 2. The number of carbonyl (C=O) groups is 1. The molecule has 0 fully saturated rings. The summed E-state index contributed by atoms with van der Waals surface area (Å²) in [6, 6.07) is 21.1. The third kappa shape index (κ3) is 4.25. The van der Waals surface area contributed by atoms with Crippen LogP contribution in [0.1, 0.15) is 21.9 Å². The molecule has 4 aromatic rings. The summed E-state index contributed by atoms with van der Waals surface area (Å²) in [5.74, 6) is -0.478. The Bertz CT molecular complexity index is 1100. The van der Waals surface area contributed by atoms with Gasteiger partial charge in [-0.3, -0.25) is 4.90 Å². The third-order valence-electron chi connectivity index (χ3n) is 4.43. The molecule has 0 aliphatic carbocycles. The monoisotopic (exact) mass is 388 g/mol. The molecule has 0 amide bonds. The second kappa shape index (κ2) is 8.12. The van der Waals surface area contributed by atoms with Crippen LogP contribution in [-0.2, 0) is 13.1 Å². The second-order valence-electron chi connectivity index (χ2n) is 6.72. The molecular formula is C22H20N4O3. The van der Waals surface area contributed by atoms with Gasteiger partial charge >= 0.3 is 5.97 Å². The molecule has 0 aliphatic rings. The van der Waals surface area contributed by atoms with Crippen molar-refractivity contribution in [3.05, 3.63) is 90.1 Å². The van der Waals surface area contributed by atoms with Crippen LogP contribution in [0.25, 0.3) is 17.1 Å². The summed E-state index contributed by atoms with van der Waals surface area (Å²) >= 11 is 0. The minimum Gasteiger partial charge on any atom is -0.476 e. The smallest absolute Gasteiger partial charge is 0.358 e. The molecule has 4 rings (SSSR count). The van der Waals surface area contributed by atoms with Crippen molar-refractivity contribution in [3.63, 3.8) is 0 Å². The Labute approximate surface area is 167 Å². The molecule has 2 aromatic carbocycles. The molecule has 1 N–H and O–H groups in total. The van der Waals surface area contributed by atoms with Gasteiger partial charge in [0.25, 0.3) is 0 Å². The Morgan fingerprint density at radius 1 is 1.03 bits per heavy atom. The minimum atomic E-state index is -1.10. The van der Waals surface area contributed by atoms with Crippen LogP contribution >= 0.6 is 0 Å². The summed E-state index contributed by atoms with van der Waals surface area (Å²) in [7, 11) is 1.89. The molecule has 29 heavy (non-hydrogen) atoms. The van der Waals surface area contributed by atoms with E-state index in [0.717, 1.165) is 16.9 Å². The normalized spacial score (nSPS) is 11.1. The number of hydrogen-bond donors (Lipinski definition) is 1. The first-order valence-electron chi connectivity index (χ1n) is 9.17. The van der Waals surface area contributed by atoms with Gasteiger partial charge in [0.15, 0.2) is 11.5 Å². The van der Waals surface area contributed by atoms with Gasteiger partial charge in [-0.1, -0.05) is 36.4 Å². The quantitative estimate of drug-likeness (QED) is 0.518. The molecule has 7 heteroatoms. The molecule has 7 nitrogen and oxygen atoms in total. The van der Waals surface area contributed by atoms with E-state index in [1.54, 1.807) is 0 Å². The first-order valence-corrected chi connectivity index (χ1v) is 9.17. The summed E-state index contributed by atoms with van der Waals surface area (Å²) in [6.45, 7) is 0.847. The van der Waals surface area contributed by atoms with Crippen LogP contribution in [0, 0.1) is 0 Å². The second-order valence-corrected chi connectivity index (χ2v) is 6.72. The molecule has 146 valence electrons. The highest BCUT2D eigenvalue weighted by Gasteiger charge is 2.21. The molecule has 0 bridgehead atoms. The molecule has 0 radical (unpaired) electrons. The molecule has 0 saturated heterocycles. The fourth-order valence-electron chi connectivity index (χ4n) is 3.08. The molecule has 0 atom stereocenters. The first kappa shape index (κ1) is 18.6. The Morgan fingerprint density at radius 3 is 2.41 bits per heavy atom. The standard InChI is InChI=1S/C22H20N4O3/c1-25(14-17-12-13-26(24-17)18-10-6-3-7-11-18)15-19-20(22(27)28)23-21(29-19)16-8-4-2-5-9-16/h2-13H,14-15H2,1H3,(H,27,28). The van der Waals surface area contributed by atoms with Crippen LogP contribution in [0.4, 0.5) is 0 Å². The zero-order valence-corrected chi connectivity index (χ0v) is 15.9. The van der Waals surface area contributed by atoms with Gasteiger partial charge in [-0.2, -0.15) is 5.10 Å². The molecule has 2 aromatic heterocycles. The molecule has 2 heterocycles. The number of oxazole rings is 1. The average Bonchev–Trinajstić information content (AvgIpc) is 3.37. The van der Waals surface area contributed by atoms with E-state index in [4.69, 9.17) is 4.42 Å². The lowest BCUT2D eigenvalue weighted by Gasteiger charge is -2.13. The van der Waals surface area contributed by atoms with Gasteiger partial charge in [-0.25, -0.2) is 14.5 Å². The molecule has 0 unspecified atom stereocenters. The van der Waals surface area contributed by atoms with Crippen LogP contribution in [0.15, 0.2) is 77.3 Å². The molecule has 0 spiro atoms. The topological polar surface area (TPSA) is 84.4 Å². The first-order chi connectivity index (χ1) is 14.1. The van der Waals surface area contributed by atoms with E-state index in [-0.39, 0.29) is 5.69 Å². The van der Waals surface area contributed by atoms with Gasteiger partial charge in [0, 0.05) is 18.3 Å². The third-order valence-corrected chi connectivity index (χ3v) is 4.43. The predicted molar refractivity (Wildman–Crippen MR) is 108 cm³/mol. The van der Waals surface area contributed by atoms with Gasteiger partial charge in [0.05, 0.1) is 17.9 Å². The van der Waals surface area contributed by atoms with Crippen molar-refractivity contribution in [2.75, 3.05) is 7.05 Å². The molecule has 0 saturated carbocycles. The molecule has 0 aliphatic heterocycles. The van der Waals surface area contributed by atoms with E-state index in [0.29, 0.717) is 24.7 Å². The van der Waals surface area contributed by atoms with Crippen LogP contribution in [0.5, 0.6) is 0 Å². The van der Waals surface area contributed by atoms with E-state index in [1.165, 1.54) is 0 Å². The van der Waals surface area contributed by atoms with Crippen molar-refractivity contribution in [3.8, 4) is 17.1 Å². The van der Waals surface area contributed by atoms with Crippen LogP contribution in [-0.4, -0.2) is 37.8 Å². The summed E-state index contributed by atoms with van der Waals surface area (Å²) in [4.78, 5) is 17.7. The van der Waals surface area contributed by atoms with Crippen molar-refractivity contribution < 1.29 is 14.3 Å². The predicted octanol–water partition coefficient (Wildman–Crippen LogP) is 3.86.